The minimum atomic E-state index is -3.75. The van der Waals surface area contributed by atoms with Gasteiger partial charge in [-0.15, -0.1) is 0 Å². The maximum Gasteiger partial charge on any atom is 0.428 e. The molecule has 10 heteroatoms. The van der Waals surface area contributed by atoms with Crippen molar-refractivity contribution in [2.75, 3.05) is 5.32 Å². The topological polar surface area (TPSA) is 59.9 Å². The molecule has 2 aromatic carbocycles. The quantitative estimate of drug-likeness (QED) is 0.300. The van der Waals surface area contributed by atoms with Crippen LogP contribution in [0.1, 0.15) is 19.4 Å². The summed E-state index contributed by atoms with van der Waals surface area (Å²) in [6.45, 7) is 3.57. The van der Waals surface area contributed by atoms with Gasteiger partial charge >= 0.3 is 12.1 Å². The summed E-state index contributed by atoms with van der Waals surface area (Å²) in [6, 6.07) is 11.2. The fourth-order valence-electron chi connectivity index (χ4n) is 2.06. The Morgan fingerprint density at radius 1 is 1.10 bits per heavy atom. The molecular weight excluding hydrogens is 449 g/mol. The molecule has 2 rings (SSSR count). The number of urea groups is 1. The minimum absolute atomic E-state index is 0.0537. The smallest absolute Gasteiger partial charge is 0.428 e. The van der Waals surface area contributed by atoms with Crippen molar-refractivity contribution in [2.24, 2.45) is 4.99 Å². The number of nitrogens with one attached hydrogen (secondary N) is 1. The van der Waals surface area contributed by atoms with Crippen LogP contribution < -0.4 is 10.1 Å². The van der Waals surface area contributed by atoms with E-state index in [-0.39, 0.29) is 17.8 Å². The molecular formula is C19H17Cl3F2N2O3. The summed E-state index contributed by atoms with van der Waals surface area (Å²) in [4.78, 5) is 14.2. The van der Waals surface area contributed by atoms with E-state index in [1.54, 1.807) is 38.1 Å². The number of halogens is 5. The van der Waals surface area contributed by atoms with E-state index in [0.717, 1.165) is 0 Å². The number of anilines is 1. The molecule has 0 aliphatic rings. The Morgan fingerprint density at radius 2 is 1.72 bits per heavy atom. The molecule has 1 N–H and O–H groups in total. The molecule has 0 saturated carbocycles. The highest BCUT2D eigenvalue weighted by molar-refractivity contribution is 6.44. The van der Waals surface area contributed by atoms with Gasteiger partial charge in [0.2, 0.25) is 10.7 Å². The number of nitrogens with zero attached hydrogens (tertiary/aromatic N) is 1. The van der Waals surface area contributed by atoms with E-state index in [0.29, 0.717) is 16.3 Å². The second kappa shape index (κ2) is 10.1. The lowest BCUT2D eigenvalue weighted by atomic mass is 10.2. The molecule has 0 bridgehead atoms. The SMILES string of the molecule is CC(C)O/C(=N\C(=O)Nc1ccc(OC(F)(F)C(Cl)Cl)cc1)c1ccccc1Cl. The van der Waals surface area contributed by atoms with Gasteiger partial charge in [-0.05, 0) is 50.2 Å². The first-order valence-corrected chi connectivity index (χ1v) is 9.60. The van der Waals surface area contributed by atoms with Crippen molar-refractivity contribution in [1.82, 2.24) is 0 Å². The van der Waals surface area contributed by atoms with Gasteiger partial charge in [-0.3, -0.25) is 0 Å². The first-order chi connectivity index (χ1) is 13.6. The van der Waals surface area contributed by atoms with Crippen LogP contribution in [0.4, 0.5) is 19.3 Å². The van der Waals surface area contributed by atoms with E-state index in [4.69, 9.17) is 39.5 Å². The number of aliphatic imine (C=N–C) groups is 1. The lowest BCUT2D eigenvalue weighted by Crippen LogP contribution is -2.32. The normalized spacial score (nSPS) is 12.2. The molecule has 2 aromatic rings. The molecule has 0 atom stereocenters. The Bertz CT molecular complexity index is 875. The van der Waals surface area contributed by atoms with Crippen LogP contribution in [-0.2, 0) is 4.74 Å². The third-order valence-corrected chi connectivity index (χ3v) is 4.11. The highest BCUT2D eigenvalue weighted by Crippen LogP contribution is 2.30. The van der Waals surface area contributed by atoms with E-state index in [1.165, 1.54) is 24.3 Å². The second-order valence-corrected chi connectivity index (χ2v) is 7.49. The third-order valence-electron chi connectivity index (χ3n) is 3.27. The van der Waals surface area contributed by atoms with Crippen LogP contribution in [0.25, 0.3) is 0 Å². The van der Waals surface area contributed by atoms with E-state index >= 15 is 0 Å². The van der Waals surface area contributed by atoms with Crippen LogP contribution in [0.15, 0.2) is 53.5 Å². The summed E-state index contributed by atoms with van der Waals surface area (Å²) in [7, 11) is 0. The number of alkyl halides is 4. The molecule has 2 amide bonds. The van der Waals surface area contributed by atoms with Crippen molar-refractivity contribution < 1.29 is 23.0 Å². The minimum Gasteiger partial charge on any atom is -0.474 e. The van der Waals surface area contributed by atoms with Gasteiger partial charge in [-0.25, -0.2) is 4.79 Å². The van der Waals surface area contributed by atoms with Crippen molar-refractivity contribution in [3.8, 4) is 5.75 Å². The zero-order valence-corrected chi connectivity index (χ0v) is 17.6. The van der Waals surface area contributed by atoms with Crippen molar-refractivity contribution in [2.45, 2.75) is 30.9 Å². The number of carbonyl (C=O) groups is 1. The summed E-state index contributed by atoms with van der Waals surface area (Å²) >= 11 is 16.5. The Hall–Kier alpha value is -2.09. The van der Waals surface area contributed by atoms with Gasteiger partial charge in [-0.1, -0.05) is 46.9 Å². The van der Waals surface area contributed by atoms with Gasteiger partial charge in [0.15, 0.2) is 0 Å². The molecule has 0 fully saturated rings. The number of hydrogen-bond acceptors (Lipinski definition) is 3. The van der Waals surface area contributed by atoms with Gasteiger partial charge in [0.25, 0.3) is 0 Å². The van der Waals surface area contributed by atoms with Crippen molar-refractivity contribution >= 4 is 52.4 Å². The average Bonchev–Trinajstić information content (AvgIpc) is 2.62. The van der Waals surface area contributed by atoms with Crippen molar-refractivity contribution in [3.63, 3.8) is 0 Å². The average molecular weight is 466 g/mol. The molecule has 29 heavy (non-hydrogen) atoms. The van der Waals surface area contributed by atoms with Crippen LogP contribution in [0.3, 0.4) is 0 Å². The Kier molecular flexibility index (Phi) is 8.07. The number of amides is 2. The Balaban J connectivity index is 2.14. The maximum atomic E-state index is 13.4. The zero-order chi connectivity index (χ0) is 21.6. The summed E-state index contributed by atoms with van der Waals surface area (Å²) in [6.07, 6.45) is -4.00. The number of rotatable bonds is 6. The fraction of sp³-hybridized carbons (Fsp3) is 0.263. The van der Waals surface area contributed by atoms with Gasteiger partial charge in [-0.2, -0.15) is 13.8 Å². The molecule has 0 aromatic heterocycles. The molecule has 0 aliphatic carbocycles. The fourth-order valence-corrected chi connectivity index (χ4v) is 2.37. The highest BCUT2D eigenvalue weighted by Gasteiger charge is 2.40. The lowest BCUT2D eigenvalue weighted by Gasteiger charge is -2.18. The molecule has 5 nitrogen and oxygen atoms in total. The van der Waals surface area contributed by atoms with Crippen LogP contribution in [0.2, 0.25) is 5.02 Å². The first-order valence-electron chi connectivity index (χ1n) is 8.34. The van der Waals surface area contributed by atoms with Gasteiger partial charge in [0.1, 0.15) is 5.75 Å². The molecule has 0 heterocycles. The molecule has 0 radical (unpaired) electrons. The molecule has 0 aliphatic heterocycles. The number of benzene rings is 2. The number of hydrogen-bond donors (Lipinski definition) is 1. The largest absolute Gasteiger partial charge is 0.474 e. The summed E-state index contributed by atoms with van der Waals surface area (Å²) in [5.41, 5.74) is 0.756. The second-order valence-electron chi connectivity index (χ2n) is 5.98. The Morgan fingerprint density at radius 3 is 2.28 bits per heavy atom. The van der Waals surface area contributed by atoms with Crippen molar-refractivity contribution in [3.05, 3.63) is 59.1 Å². The molecule has 156 valence electrons. The standard InChI is InChI=1S/C19H17Cl3F2N2O3/c1-11(2)28-16(14-5-3-4-6-15(14)20)26-18(27)25-12-7-9-13(10-8-12)29-19(23,24)17(21)22/h3-11,17H,1-2H3,(H,25,27)/b26-16-. The summed E-state index contributed by atoms with van der Waals surface area (Å²) in [5, 5.41) is 2.88. The Labute approximate surface area is 181 Å². The monoisotopic (exact) mass is 464 g/mol. The molecule has 0 unspecified atom stereocenters. The predicted molar refractivity (Wildman–Crippen MR) is 111 cm³/mol. The number of ether oxygens (including phenoxy) is 2. The summed E-state index contributed by atoms with van der Waals surface area (Å²) < 4.78 is 36.8. The van der Waals surface area contributed by atoms with Gasteiger partial charge in [0, 0.05) is 5.69 Å². The summed E-state index contributed by atoms with van der Waals surface area (Å²) in [5.74, 6) is -0.124. The van der Waals surface area contributed by atoms with Crippen LogP contribution in [0.5, 0.6) is 5.75 Å². The zero-order valence-electron chi connectivity index (χ0n) is 15.3. The van der Waals surface area contributed by atoms with E-state index in [2.05, 4.69) is 15.0 Å². The third kappa shape index (κ3) is 7.03. The van der Waals surface area contributed by atoms with Gasteiger partial charge in [0.05, 0.1) is 16.7 Å². The molecule has 0 spiro atoms. The van der Waals surface area contributed by atoms with E-state index in [1.807, 2.05) is 0 Å². The molecule has 0 saturated heterocycles. The van der Waals surface area contributed by atoms with Crippen LogP contribution in [-0.4, -0.2) is 29.0 Å². The van der Waals surface area contributed by atoms with E-state index < -0.39 is 17.0 Å². The maximum absolute atomic E-state index is 13.4. The lowest BCUT2D eigenvalue weighted by molar-refractivity contribution is -0.163. The number of carbonyl (C=O) groups excluding carboxylic acids is 1. The highest BCUT2D eigenvalue weighted by atomic mass is 35.5. The van der Waals surface area contributed by atoms with Crippen LogP contribution in [0, 0.1) is 0 Å². The van der Waals surface area contributed by atoms with Crippen LogP contribution >= 0.6 is 34.8 Å². The van der Waals surface area contributed by atoms with Gasteiger partial charge < -0.3 is 14.8 Å². The first kappa shape index (κ1) is 23.2. The predicted octanol–water partition coefficient (Wildman–Crippen LogP) is 6.52. The van der Waals surface area contributed by atoms with E-state index in [9.17, 15) is 13.6 Å². The van der Waals surface area contributed by atoms with Crippen molar-refractivity contribution in [1.29, 1.82) is 0 Å².